The van der Waals surface area contributed by atoms with Gasteiger partial charge in [0, 0.05) is 25.4 Å². The topological polar surface area (TPSA) is 119 Å². The fourth-order valence-corrected chi connectivity index (χ4v) is 7.65. The Bertz CT molecular complexity index is 1910. The minimum Gasteiger partial charge on any atom is -0.373 e. The van der Waals surface area contributed by atoms with Crippen molar-refractivity contribution < 1.29 is 31.3 Å². The van der Waals surface area contributed by atoms with E-state index in [4.69, 9.17) is 9.52 Å². The maximum Gasteiger partial charge on any atom is 0.416 e. The minimum atomic E-state index is -4.69. The van der Waals surface area contributed by atoms with Crippen molar-refractivity contribution in [3.8, 4) is 5.69 Å². The van der Waals surface area contributed by atoms with E-state index in [-0.39, 0.29) is 43.3 Å². The summed E-state index contributed by atoms with van der Waals surface area (Å²) in [5.74, 6) is -1.09. The molecule has 2 atom stereocenters. The van der Waals surface area contributed by atoms with Crippen molar-refractivity contribution in [2.24, 2.45) is 5.41 Å². The molecule has 1 unspecified atom stereocenters. The summed E-state index contributed by atoms with van der Waals surface area (Å²) in [5, 5.41) is 8.89. The van der Waals surface area contributed by atoms with Gasteiger partial charge in [-0.15, -0.1) is 0 Å². The number of aromatic nitrogens is 5. The smallest absolute Gasteiger partial charge is 0.373 e. The van der Waals surface area contributed by atoms with Gasteiger partial charge < -0.3 is 4.74 Å². The highest BCUT2D eigenvalue weighted by Crippen LogP contribution is 2.47. The van der Waals surface area contributed by atoms with Crippen molar-refractivity contribution in [1.29, 1.82) is 4.78 Å². The van der Waals surface area contributed by atoms with Gasteiger partial charge in [0.05, 0.1) is 54.0 Å². The van der Waals surface area contributed by atoms with Crippen LogP contribution < -0.4 is 0 Å². The van der Waals surface area contributed by atoms with E-state index in [1.165, 1.54) is 16.4 Å². The molecule has 2 aliphatic heterocycles. The second-order valence-electron chi connectivity index (χ2n) is 11.0. The Morgan fingerprint density at radius 2 is 1.91 bits per heavy atom. The molecule has 1 saturated heterocycles. The van der Waals surface area contributed by atoms with E-state index in [1.807, 2.05) is 0 Å². The Morgan fingerprint density at radius 3 is 2.66 bits per heavy atom. The first-order valence-corrected chi connectivity index (χ1v) is 15.3. The molecule has 44 heavy (non-hydrogen) atoms. The summed E-state index contributed by atoms with van der Waals surface area (Å²) < 4.78 is 87.6. The number of carbonyl (C=O) groups is 1. The molecule has 5 heterocycles. The van der Waals surface area contributed by atoms with Crippen LogP contribution in [0.25, 0.3) is 11.8 Å². The highest BCUT2D eigenvalue weighted by Gasteiger charge is 2.51. The molecule has 10 nitrogen and oxygen atoms in total. The van der Waals surface area contributed by atoms with Crippen molar-refractivity contribution in [1.82, 2.24) is 28.9 Å². The third kappa shape index (κ3) is 4.66. The van der Waals surface area contributed by atoms with Crippen LogP contribution in [0.15, 0.2) is 65.5 Å². The van der Waals surface area contributed by atoms with Crippen molar-refractivity contribution in [2.45, 2.75) is 37.2 Å². The molecular weight excluding hydrogens is 602 g/mol. The number of pyridine rings is 1. The van der Waals surface area contributed by atoms with Crippen LogP contribution in [0.3, 0.4) is 0 Å². The Hall–Kier alpha value is -4.21. The van der Waals surface area contributed by atoms with Crippen LogP contribution in [0.2, 0.25) is 0 Å². The number of Topliss-reactive ketones (excluding diaryl/α,β-unsaturated/α-hetero) is 1. The summed E-state index contributed by atoms with van der Waals surface area (Å²) in [5.41, 5.74) is 0.252. The number of rotatable bonds is 5. The molecule has 7 rings (SSSR count). The van der Waals surface area contributed by atoms with E-state index < -0.39 is 38.7 Å². The van der Waals surface area contributed by atoms with Crippen molar-refractivity contribution in [3.05, 3.63) is 94.5 Å². The predicted octanol–water partition coefficient (Wildman–Crippen LogP) is 4.69. The number of fused-ring (bicyclic) bond motifs is 3. The lowest BCUT2D eigenvalue weighted by atomic mass is 9.65. The van der Waals surface area contributed by atoms with E-state index >= 15 is 0 Å². The van der Waals surface area contributed by atoms with Gasteiger partial charge in [-0.1, -0.05) is 5.57 Å². The van der Waals surface area contributed by atoms with Crippen molar-refractivity contribution >= 4 is 21.8 Å². The van der Waals surface area contributed by atoms with Crippen LogP contribution in [-0.4, -0.2) is 58.5 Å². The lowest BCUT2D eigenvalue weighted by Gasteiger charge is -2.45. The molecule has 1 fully saturated rings. The van der Waals surface area contributed by atoms with Gasteiger partial charge in [-0.25, -0.2) is 22.4 Å². The molecule has 0 saturated carbocycles. The zero-order valence-electron chi connectivity index (χ0n) is 23.1. The second kappa shape index (κ2) is 10.2. The standard InChI is InChI=1S/C29H25F4N7O3S/c30-21-1-3-22(4-2-21)40-25-12-19-6-8-38(44(34,42)26-13-23-16-43-10-9-39(23)37-26)17-28(19,14-18(25)15-36-40)27(41)24-11-20(5-7-35-24)29(31,32)33/h1-5,7,11-13,15,34H,6,8-10,14,16-17H2/t28-,44?/m0/s1. The SMILES string of the molecule is N=S(=O)(c1cc2n(n1)CCOC2)N1CCC2=Cc3c(cnn3-c3ccc(F)cc3)C[C@]2(C(=O)c2cc(C(F)(F)F)ccn2)C1. The number of halogens is 4. The largest absolute Gasteiger partial charge is 0.416 e. The summed E-state index contributed by atoms with van der Waals surface area (Å²) in [4.78, 5) is 18.4. The Labute approximate surface area is 249 Å². The lowest BCUT2D eigenvalue weighted by Crippen LogP contribution is -2.53. The lowest BCUT2D eigenvalue weighted by molar-refractivity contribution is -0.137. The molecule has 3 aromatic heterocycles. The van der Waals surface area contributed by atoms with Gasteiger partial charge >= 0.3 is 6.18 Å². The van der Waals surface area contributed by atoms with Crippen LogP contribution in [0.1, 0.15) is 39.4 Å². The van der Waals surface area contributed by atoms with Gasteiger partial charge in [-0.05, 0) is 60.9 Å². The fraction of sp³-hybridized carbons (Fsp3) is 0.310. The molecule has 0 bridgehead atoms. The molecule has 3 aliphatic rings. The van der Waals surface area contributed by atoms with Gasteiger partial charge in [-0.2, -0.15) is 23.4 Å². The zero-order valence-corrected chi connectivity index (χ0v) is 23.9. The molecule has 15 heteroatoms. The first-order chi connectivity index (χ1) is 21.0. The summed E-state index contributed by atoms with van der Waals surface area (Å²) in [7, 11) is -3.70. The van der Waals surface area contributed by atoms with Crippen LogP contribution in [0.5, 0.6) is 0 Å². The second-order valence-corrected chi connectivity index (χ2v) is 13.0. The Morgan fingerprint density at radius 1 is 1.11 bits per heavy atom. The molecular formula is C29H25F4N7O3S. The molecule has 4 aromatic rings. The first kappa shape index (κ1) is 28.6. The van der Waals surface area contributed by atoms with Gasteiger partial charge in [0.1, 0.15) is 11.5 Å². The van der Waals surface area contributed by atoms with Crippen LogP contribution >= 0.6 is 0 Å². The molecule has 0 amide bonds. The van der Waals surface area contributed by atoms with E-state index in [1.54, 1.807) is 39.8 Å². The monoisotopic (exact) mass is 627 g/mol. The number of alkyl halides is 3. The number of ether oxygens (including phenoxy) is 1. The molecule has 228 valence electrons. The highest BCUT2D eigenvalue weighted by molar-refractivity contribution is 7.90. The molecule has 0 spiro atoms. The van der Waals surface area contributed by atoms with Gasteiger partial charge in [0.15, 0.2) is 20.7 Å². The number of nitrogens with one attached hydrogen (secondary N) is 1. The molecule has 1 aromatic carbocycles. The van der Waals surface area contributed by atoms with E-state index in [2.05, 4.69) is 15.2 Å². The zero-order chi connectivity index (χ0) is 30.9. The van der Waals surface area contributed by atoms with Crippen molar-refractivity contribution in [3.63, 3.8) is 0 Å². The maximum atomic E-state index is 14.4. The van der Waals surface area contributed by atoms with E-state index in [0.29, 0.717) is 41.4 Å². The number of nitrogens with zero attached hydrogens (tertiary/aromatic N) is 6. The summed E-state index contributed by atoms with van der Waals surface area (Å²) in [6.45, 7) is 1.07. The van der Waals surface area contributed by atoms with E-state index in [0.717, 1.165) is 18.3 Å². The summed E-state index contributed by atoms with van der Waals surface area (Å²) in [6.07, 6.45) is -0.195. The number of piperidine rings is 1. The fourth-order valence-electron chi connectivity index (χ4n) is 6.13. The predicted molar refractivity (Wildman–Crippen MR) is 148 cm³/mol. The number of hydrogen-bond acceptors (Lipinski definition) is 7. The quantitative estimate of drug-likeness (QED) is 0.254. The normalized spacial score (nSPS) is 21.5. The van der Waals surface area contributed by atoms with Crippen LogP contribution in [0.4, 0.5) is 17.6 Å². The summed E-state index contributed by atoms with van der Waals surface area (Å²) >= 11 is 0. The third-order valence-electron chi connectivity index (χ3n) is 8.39. The third-order valence-corrected chi connectivity index (χ3v) is 10.2. The summed E-state index contributed by atoms with van der Waals surface area (Å²) in [6, 6.07) is 8.82. The minimum absolute atomic E-state index is 0.0195. The Balaban J connectivity index is 1.32. The average molecular weight is 628 g/mol. The number of hydrogen-bond donors (Lipinski definition) is 1. The maximum absolute atomic E-state index is 14.4. The molecule has 0 radical (unpaired) electrons. The highest BCUT2D eigenvalue weighted by atomic mass is 32.2. The molecule has 1 N–H and O–H groups in total. The number of benzene rings is 1. The van der Waals surface area contributed by atoms with Crippen LogP contribution in [-0.2, 0) is 40.4 Å². The van der Waals surface area contributed by atoms with Crippen LogP contribution in [0, 0.1) is 16.0 Å². The first-order valence-electron chi connectivity index (χ1n) is 13.8. The average Bonchev–Trinajstić information content (AvgIpc) is 3.64. The van der Waals surface area contributed by atoms with Gasteiger partial charge in [-0.3, -0.25) is 14.5 Å². The molecule has 1 aliphatic carbocycles. The Kier molecular flexibility index (Phi) is 6.60. The van der Waals surface area contributed by atoms with Gasteiger partial charge in [0.25, 0.3) is 0 Å². The van der Waals surface area contributed by atoms with E-state index in [9.17, 15) is 26.6 Å². The van der Waals surface area contributed by atoms with Gasteiger partial charge in [0.2, 0.25) is 0 Å². The van der Waals surface area contributed by atoms with Crippen molar-refractivity contribution in [2.75, 3.05) is 19.7 Å². The number of carbonyl (C=O) groups excluding carboxylic acids is 1. The number of ketones is 1.